The summed E-state index contributed by atoms with van der Waals surface area (Å²) >= 11 is 12.4. The maximum atomic E-state index is 13.1. The van der Waals surface area contributed by atoms with Gasteiger partial charge in [-0.15, -0.1) is 23.2 Å². The van der Waals surface area contributed by atoms with Crippen LogP contribution in [0.15, 0.2) is 48.5 Å². The van der Waals surface area contributed by atoms with Gasteiger partial charge in [-0.25, -0.2) is 4.79 Å². The second-order valence-electron chi connectivity index (χ2n) is 8.45. The largest absolute Gasteiger partial charge is 0.452 e. The molecule has 1 saturated heterocycles. The van der Waals surface area contributed by atoms with Gasteiger partial charge < -0.3 is 10.1 Å². The van der Waals surface area contributed by atoms with Gasteiger partial charge in [0.15, 0.2) is 6.61 Å². The highest BCUT2D eigenvalue weighted by Crippen LogP contribution is 2.43. The van der Waals surface area contributed by atoms with Crippen LogP contribution >= 0.6 is 23.2 Å². The van der Waals surface area contributed by atoms with E-state index >= 15 is 0 Å². The molecule has 4 rings (SSSR count). The molecule has 2 aliphatic rings. The average Bonchev–Trinajstić information content (AvgIpc) is 3.06. The summed E-state index contributed by atoms with van der Waals surface area (Å²) in [6, 6.07) is 9.91. The molecular formula is C24H19Cl2F3N2O5. The fourth-order valence-corrected chi connectivity index (χ4v) is 4.95. The van der Waals surface area contributed by atoms with Gasteiger partial charge in [0.2, 0.25) is 11.8 Å². The van der Waals surface area contributed by atoms with Crippen LogP contribution in [0.2, 0.25) is 0 Å². The summed E-state index contributed by atoms with van der Waals surface area (Å²) in [5.41, 5.74) is -1.43. The van der Waals surface area contributed by atoms with Crippen LogP contribution in [-0.2, 0) is 25.3 Å². The second kappa shape index (κ2) is 10.1. The number of alkyl halides is 5. The fraction of sp³-hybridized carbons (Fsp3) is 0.333. The summed E-state index contributed by atoms with van der Waals surface area (Å²) in [7, 11) is 0. The van der Waals surface area contributed by atoms with E-state index in [1.54, 1.807) is 0 Å². The highest BCUT2D eigenvalue weighted by Gasteiger charge is 2.52. The predicted molar refractivity (Wildman–Crippen MR) is 125 cm³/mol. The van der Waals surface area contributed by atoms with E-state index in [-0.39, 0.29) is 24.1 Å². The monoisotopic (exact) mass is 542 g/mol. The number of anilines is 2. The third-order valence-corrected chi connectivity index (χ3v) is 7.19. The molecule has 1 aliphatic carbocycles. The molecule has 3 amide bonds. The highest BCUT2D eigenvalue weighted by molar-refractivity contribution is 6.31. The zero-order chi connectivity index (χ0) is 26.2. The first kappa shape index (κ1) is 26.0. The smallest absolute Gasteiger partial charge is 0.418 e. The Labute approximate surface area is 213 Å². The van der Waals surface area contributed by atoms with Crippen LogP contribution < -0.4 is 10.2 Å². The van der Waals surface area contributed by atoms with Crippen molar-refractivity contribution < 1.29 is 37.1 Å². The summed E-state index contributed by atoms with van der Waals surface area (Å²) in [4.78, 5) is 51.4. The minimum atomic E-state index is -4.68. The first-order valence-corrected chi connectivity index (χ1v) is 11.7. The minimum absolute atomic E-state index is 0.0584. The van der Waals surface area contributed by atoms with E-state index in [1.807, 2.05) is 0 Å². The van der Waals surface area contributed by atoms with E-state index in [1.165, 1.54) is 36.4 Å². The summed E-state index contributed by atoms with van der Waals surface area (Å²) in [6.45, 7) is -0.852. The van der Waals surface area contributed by atoms with Crippen molar-refractivity contribution in [2.45, 2.75) is 29.8 Å². The molecule has 1 saturated carbocycles. The Morgan fingerprint density at radius 3 is 2.19 bits per heavy atom. The number of rotatable bonds is 5. The van der Waals surface area contributed by atoms with Crippen LogP contribution in [0.5, 0.6) is 0 Å². The number of para-hydroxylation sites is 1. The van der Waals surface area contributed by atoms with Gasteiger partial charge >= 0.3 is 12.1 Å². The van der Waals surface area contributed by atoms with Gasteiger partial charge in [-0.3, -0.25) is 19.3 Å². The quantitative estimate of drug-likeness (QED) is 0.338. The van der Waals surface area contributed by atoms with Gasteiger partial charge in [-0.1, -0.05) is 18.2 Å². The molecule has 1 aliphatic heterocycles. The summed E-state index contributed by atoms with van der Waals surface area (Å²) < 4.78 is 44.2. The maximum Gasteiger partial charge on any atom is 0.418 e. The number of ether oxygens (including phenoxy) is 1. The number of benzene rings is 2. The third kappa shape index (κ3) is 5.19. The lowest BCUT2D eigenvalue weighted by Gasteiger charge is -2.28. The normalized spacial score (nSPS) is 23.9. The molecule has 12 heteroatoms. The van der Waals surface area contributed by atoms with Gasteiger partial charge in [0, 0.05) is 0 Å². The van der Waals surface area contributed by atoms with Crippen LogP contribution in [0.3, 0.4) is 0 Å². The molecule has 2 fully saturated rings. The molecule has 36 heavy (non-hydrogen) atoms. The molecule has 0 radical (unpaired) electrons. The first-order chi connectivity index (χ1) is 17.0. The molecule has 1 heterocycles. The molecule has 0 aromatic heterocycles. The first-order valence-electron chi connectivity index (χ1n) is 10.9. The van der Waals surface area contributed by atoms with Gasteiger partial charge in [0.1, 0.15) is 0 Å². The number of esters is 1. The molecule has 7 nitrogen and oxygen atoms in total. The van der Waals surface area contributed by atoms with Crippen molar-refractivity contribution in [1.82, 2.24) is 0 Å². The van der Waals surface area contributed by atoms with Crippen molar-refractivity contribution >= 4 is 58.3 Å². The van der Waals surface area contributed by atoms with Crippen LogP contribution in [0.4, 0.5) is 24.5 Å². The zero-order valence-corrected chi connectivity index (χ0v) is 19.9. The minimum Gasteiger partial charge on any atom is -0.452 e. The fourth-order valence-electron chi connectivity index (χ4n) is 4.36. The van der Waals surface area contributed by atoms with Gasteiger partial charge in [0.05, 0.1) is 45.1 Å². The van der Waals surface area contributed by atoms with Crippen LogP contribution in [0.1, 0.15) is 28.8 Å². The summed E-state index contributed by atoms with van der Waals surface area (Å²) in [5.74, 6) is -4.02. The Morgan fingerprint density at radius 2 is 1.58 bits per heavy atom. The lowest BCUT2D eigenvalue weighted by Crippen LogP contribution is -2.34. The van der Waals surface area contributed by atoms with E-state index in [4.69, 9.17) is 27.9 Å². The topological polar surface area (TPSA) is 92.8 Å². The summed E-state index contributed by atoms with van der Waals surface area (Å²) in [6.07, 6.45) is -4.16. The predicted octanol–water partition coefficient (Wildman–Crippen LogP) is 4.62. The lowest BCUT2D eigenvalue weighted by molar-refractivity contribution is -0.137. The van der Waals surface area contributed by atoms with Crippen molar-refractivity contribution in [3.05, 3.63) is 59.7 Å². The molecular weight excluding hydrogens is 524 g/mol. The number of nitrogens with zero attached hydrogens (tertiary/aromatic N) is 1. The number of nitrogens with one attached hydrogen (secondary N) is 1. The Balaban J connectivity index is 1.42. The molecule has 1 N–H and O–H groups in total. The third-order valence-electron chi connectivity index (χ3n) is 6.09. The number of hydrogen-bond donors (Lipinski definition) is 1. The Bertz CT molecular complexity index is 1190. The number of fused-ring (bicyclic) bond motifs is 1. The Morgan fingerprint density at radius 1 is 0.972 bits per heavy atom. The SMILES string of the molecule is O=C(COC(=O)c1cccc(N2C(=O)[C@H]3C[C@@H](Cl)[C@@H](Cl)C[C@H]3C2=O)c1)Nc1ccccc1C(F)(F)F. The standard InChI is InChI=1S/C24H19Cl2F3N2O5/c25-17-9-14-15(10-18(17)26)22(34)31(21(14)33)13-5-3-4-12(8-13)23(35)36-11-20(32)30-19-7-2-1-6-16(19)24(27,28)29/h1-8,14-15,17-18H,9-11H2,(H,30,32)/t14-,15+,17+,18-. The van der Waals surface area contributed by atoms with Crippen molar-refractivity contribution in [1.29, 1.82) is 0 Å². The second-order valence-corrected chi connectivity index (χ2v) is 9.57. The van der Waals surface area contributed by atoms with Crippen LogP contribution in [0, 0.1) is 11.8 Å². The number of carbonyl (C=O) groups excluding carboxylic acids is 4. The van der Waals surface area contributed by atoms with Crippen molar-refractivity contribution in [3.8, 4) is 0 Å². The van der Waals surface area contributed by atoms with E-state index in [0.29, 0.717) is 0 Å². The Hall–Kier alpha value is -3.11. The molecule has 4 atom stereocenters. The number of halogens is 5. The number of imide groups is 1. The molecule has 2 aromatic rings. The average molecular weight is 543 g/mol. The number of hydrogen-bond acceptors (Lipinski definition) is 5. The Kier molecular flexibility index (Phi) is 7.28. The maximum absolute atomic E-state index is 13.1. The van der Waals surface area contributed by atoms with Crippen molar-refractivity contribution in [2.24, 2.45) is 11.8 Å². The lowest BCUT2D eigenvalue weighted by atomic mass is 9.80. The van der Waals surface area contributed by atoms with Gasteiger partial charge in [-0.05, 0) is 43.2 Å². The summed E-state index contributed by atoms with van der Waals surface area (Å²) in [5, 5.41) is 1.18. The van der Waals surface area contributed by atoms with Gasteiger partial charge in [0.25, 0.3) is 5.91 Å². The number of carbonyl (C=O) groups is 4. The van der Waals surface area contributed by atoms with E-state index in [2.05, 4.69) is 5.32 Å². The van der Waals surface area contributed by atoms with Crippen LogP contribution in [-0.4, -0.2) is 41.1 Å². The van der Waals surface area contributed by atoms with Crippen molar-refractivity contribution in [2.75, 3.05) is 16.8 Å². The van der Waals surface area contributed by atoms with E-state index in [0.717, 1.165) is 17.0 Å². The van der Waals surface area contributed by atoms with E-state index < -0.39 is 70.3 Å². The molecule has 0 unspecified atom stereocenters. The number of amides is 3. The van der Waals surface area contributed by atoms with Crippen molar-refractivity contribution in [3.63, 3.8) is 0 Å². The molecule has 0 bridgehead atoms. The van der Waals surface area contributed by atoms with Gasteiger partial charge in [-0.2, -0.15) is 13.2 Å². The molecule has 0 spiro atoms. The zero-order valence-electron chi connectivity index (χ0n) is 18.4. The van der Waals surface area contributed by atoms with E-state index in [9.17, 15) is 32.3 Å². The molecule has 2 aromatic carbocycles. The highest BCUT2D eigenvalue weighted by atomic mass is 35.5. The van der Waals surface area contributed by atoms with Crippen LogP contribution in [0.25, 0.3) is 0 Å². The molecule has 190 valence electrons.